The molecule has 0 aliphatic carbocycles. The lowest BCUT2D eigenvalue weighted by molar-refractivity contribution is 0.624. The van der Waals surface area contributed by atoms with Crippen LogP contribution in [0.1, 0.15) is 5.56 Å². The molecule has 0 heterocycles. The minimum atomic E-state index is -0.624. The first-order valence-electron chi connectivity index (χ1n) is 5.02. The SMILES string of the molecule is N#Cc1ccc(Nc2ccc(F)cc2Cl)cc1F. The van der Waals surface area contributed by atoms with Crippen LogP contribution in [0.4, 0.5) is 20.2 Å². The highest BCUT2D eigenvalue weighted by molar-refractivity contribution is 6.33. The third-order valence-electron chi connectivity index (χ3n) is 2.30. The van der Waals surface area contributed by atoms with Crippen molar-refractivity contribution in [3.8, 4) is 6.07 Å². The highest BCUT2D eigenvalue weighted by atomic mass is 35.5. The molecule has 0 aliphatic rings. The summed E-state index contributed by atoms with van der Waals surface area (Å²) in [5.41, 5.74) is 0.855. The molecule has 2 aromatic carbocycles. The van der Waals surface area contributed by atoms with E-state index in [1.807, 2.05) is 0 Å². The smallest absolute Gasteiger partial charge is 0.143 e. The topological polar surface area (TPSA) is 35.8 Å². The Labute approximate surface area is 107 Å². The van der Waals surface area contributed by atoms with Crippen LogP contribution in [0.3, 0.4) is 0 Å². The molecular formula is C13H7ClF2N2. The lowest BCUT2D eigenvalue weighted by Gasteiger charge is -2.08. The van der Waals surface area contributed by atoms with Gasteiger partial charge in [0.05, 0.1) is 16.3 Å². The molecule has 18 heavy (non-hydrogen) atoms. The maximum atomic E-state index is 13.4. The van der Waals surface area contributed by atoms with E-state index in [9.17, 15) is 8.78 Å². The average molecular weight is 265 g/mol. The van der Waals surface area contributed by atoms with E-state index in [-0.39, 0.29) is 10.6 Å². The van der Waals surface area contributed by atoms with Gasteiger partial charge in [0.25, 0.3) is 0 Å². The van der Waals surface area contributed by atoms with Crippen LogP contribution in [0.15, 0.2) is 36.4 Å². The zero-order valence-corrected chi connectivity index (χ0v) is 9.80. The van der Waals surface area contributed by atoms with E-state index < -0.39 is 11.6 Å². The number of anilines is 2. The minimum Gasteiger partial charge on any atom is -0.354 e. The molecule has 0 saturated carbocycles. The van der Waals surface area contributed by atoms with Gasteiger partial charge in [0.1, 0.15) is 17.7 Å². The molecule has 0 spiro atoms. The second-order valence-electron chi connectivity index (χ2n) is 3.56. The van der Waals surface area contributed by atoms with Crippen LogP contribution >= 0.6 is 11.6 Å². The Balaban J connectivity index is 2.29. The van der Waals surface area contributed by atoms with E-state index >= 15 is 0 Å². The summed E-state index contributed by atoms with van der Waals surface area (Å²) >= 11 is 5.83. The molecule has 0 unspecified atom stereocenters. The first-order valence-corrected chi connectivity index (χ1v) is 5.39. The van der Waals surface area contributed by atoms with Crippen LogP contribution in [0.5, 0.6) is 0 Å². The van der Waals surface area contributed by atoms with Crippen molar-refractivity contribution in [3.63, 3.8) is 0 Å². The summed E-state index contributed by atoms with van der Waals surface area (Å²) in [4.78, 5) is 0. The molecule has 2 nitrogen and oxygen atoms in total. The van der Waals surface area contributed by atoms with Crippen molar-refractivity contribution in [2.75, 3.05) is 5.32 Å². The van der Waals surface area contributed by atoms with Crippen LogP contribution < -0.4 is 5.32 Å². The van der Waals surface area contributed by atoms with Gasteiger partial charge in [-0.15, -0.1) is 0 Å². The van der Waals surface area contributed by atoms with Crippen LogP contribution in [0.25, 0.3) is 0 Å². The Morgan fingerprint density at radius 2 is 1.89 bits per heavy atom. The lowest BCUT2D eigenvalue weighted by Crippen LogP contribution is -1.93. The summed E-state index contributed by atoms with van der Waals surface area (Å²) in [5, 5.41) is 11.6. The van der Waals surface area contributed by atoms with E-state index in [4.69, 9.17) is 16.9 Å². The standard InChI is InChI=1S/C13H7ClF2N2/c14-11-5-9(15)2-4-13(11)18-10-3-1-8(7-17)12(16)6-10/h1-6,18H. The van der Waals surface area contributed by atoms with Crippen LogP contribution in [-0.2, 0) is 0 Å². The van der Waals surface area contributed by atoms with E-state index in [1.54, 1.807) is 12.1 Å². The Bertz CT molecular complexity index is 635. The fraction of sp³-hybridized carbons (Fsp3) is 0. The second kappa shape index (κ2) is 5.03. The van der Waals surface area contributed by atoms with Gasteiger partial charge in [-0.1, -0.05) is 11.6 Å². The quantitative estimate of drug-likeness (QED) is 0.881. The summed E-state index contributed by atoms with van der Waals surface area (Å²) in [7, 11) is 0. The number of rotatable bonds is 2. The van der Waals surface area contributed by atoms with Crippen molar-refractivity contribution in [1.82, 2.24) is 0 Å². The van der Waals surface area contributed by atoms with Gasteiger partial charge in [-0.25, -0.2) is 8.78 Å². The Morgan fingerprint density at radius 1 is 1.11 bits per heavy atom. The Hall–Kier alpha value is -2.12. The molecule has 2 rings (SSSR count). The molecule has 0 radical (unpaired) electrons. The van der Waals surface area contributed by atoms with E-state index in [2.05, 4.69) is 5.32 Å². The van der Waals surface area contributed by atoms with Gasteiger partial charge in [0, 0.05) is 5.69 Å². The molecule has 90 valence electrons. The van der Waals surface area contributed by atoms with Crippen molar-refractivity contribution in [2.24, 2.45) is 0 Å². The molecule has 5 heteroatoms. The third kappa shape index (κ3) is 2.58. The number of hydrogen-bond acceptors (Lipinski definition) is 2. The second-order valence-corrected chi connectivity index (χ2v) is 3.96. The predicted molar refractivity (Wildman–Crippen MR) is 65.8 cm³/mol. The van der Waals surface area contributed by atoms with E-state index in [1.165, 1.54) is 24.3 Å². The zero-order valence-electron chi connectivity index (χ0n) is 9.05. The molecule has 0 saturated heterocycles. The summed E-state index contributed by atoms with van der Waals surface area (Å²) in [6.07, 6.45) is 0. The van der Waals surface area contributed by atoms with E-state index in [0.29, 0.717) is 11.4 Å². The highest BCUT2D eigenvalue weighted by Gasteiger charge is 2.05. The van der Waals surface area contributed by atoms with Gasteiger partial charge in [-0.05, 0) is 36.4 Å². The van der Waals surface area contributed by atoms with Crippen molar-refractivity contribution in [1.29, 1.82) is 5.26 Å². The first-order chi connectivity index (χ1) is 8.60. The number of nitriles is 1. The Morgan fingerprint density at radius 3 is 2.50 bits per heavy atom. The third-order valence-corrected chi connectivity index (χ3v) is 2.61. The molecule has 0 aromatic heterocycles. The van der Waals surface area contributed by atoms with Gasteiger partial charge in [0.2, 0.25) is 0 Å². The lowest BCUT2D eigenvalue weighted by atomic mass is 10.2. The molecule has 0 aliphatic heterocycles. The molecule has 2 aromatic rings. The van der Waals surface area contributed by atoms with Crippen molar-refractivity contribution < 1.29 is 8.78 Å². The number of halogens is 3. The minimum absolute atomic E-state index is 0.0363. The average Bonchev–Trinajstić information content (AvgIpc) is 2.33. The number of hydrogen-bond donors (Lipinski definition) is 1. The normalized spacial score (nSPS) is 9.89. The summed E-state index contributed by atoms with van der Waals surface area (Å²) in [6.45, 7) is 0. The van der Waals surface area contributed by atoms with Gasteiger partial charge in [0.15, 0.2) is 0 Å². The number of benzene rings is 2. The van der Waals surface area contributed by atoms with Crippen molar-refractivity contribution in [2.45, 2.75) is 0 Å². The molecule has 0 atom stereocenters. The monoisotopic (exact) mass is 264 g/mol. The molecule has 0 fully saturated rings. The maximum absolute atomic E-state index is 13.4. The van der Waals surface area contributed by atoms with Gasteiger partial charge < -0.3 is 5.32 Å². The number of nitrogens with zero attached hydrogens (tertiary/aromatic N) is 1. The maximum Gasteiger partial charge on any atom is 0.143 e. The van der Waals surface area contributed by atoms with Gasteiger partial charge in [-0.3, -0.25) is 0 Å². The predicted octanol–water partition coefficient (Wildman–Crippen LogP) is 4.23. The first kappa shape index (κ1) is 12.3. The molecule has 1 N–H and O–H groups in total. The van der Waals surface area contributed by atoms with Gasteiger partial charge >= 0.3 is 0 Å². The van der Waals surface area contributed by atoms with E-state index in [0.717, 1.165) is 6.07 Å². The van der Waals surface area contributed by atoms with Crippen LogP contribution in [0.2, 0.25) is 5.02 Å². The fourth-order valence-corrected chi connectivity index (χ4v) is 1.64. The summed E-state index contributed by atoms with van der Waals surface area (Å²) < 4.78 is 26.2. The largest absolute Gasteiger partial charge is 0.354 e. The van der Waals surface area contributed by atoms with Crippen LogP contribution in [0, 0.1) is 23.0 Å². The number of nitrogens with one attached hydrogen (secondary N) is 1. The highest BCUT2D eigenvalue weighted by Crippen LogP contribution is 2.26. The molecule has 0 amide bonds. The summed E-state index contributed by atoms with van der Waals surface area (Å²) in [6, 6.07) is 9.66. The Kier molecular flexibility index (Phi) is 3.45. The molecular weight excluding hydrogens is 258 g/mol. The molecule has 0 bridgehead atoms. The van der Waals surface area contributed by atoms with Crippen molar-refractivity contribution >= 4 is 23.0 Å². The van der Waals surface area contributed by atoms with Gasteiger partial charge in [-0.2, -0.15) is 5.26 Å². The fourth-order valence-electron chi connectivity index (χ4n) is 1.43. The van der Waals surface area contributed by atoms with Crippen LogP contribution in [-0.4, -0.2) is 0 Å². The van der Waals surface area contributed by atoms with Crippen molar-refractivity contribution in [3.05, 3.63) is 58.6 Å². The zero-order chi connectivity index (χ0) is 13.1. The summed E-state index contributed by atoms with van der Waals surface area (Å²) in [5.74, 6) is -1.07.